The number of methoxy groups -OCH3 is 1. The number of rotatable bonds is 11. The van der Waals surface area contributed by atoms with Gasteiger partial charge in [-0.2, -0.15) is 4.31 Å². The van der Waals surface area contributed by atoms with Crippen molar-refractivity contribution in [3.8, 4) is 11.5 Å². The van der Waals surface area contributed by atoms with Gasteiger partial charge in [0.05, 0.1) is 24.3 Å². The van der Waals surface area contributed by atoms with Crippen molar-refractivity contribution in [2.45, 2.75) is 36.0 Å². The van der Waals surface area contributed by atoms with E-state index >= 15 is 0 Å². The molecule has 3 aromatic rings. The molecule has 12 heteroatoms. The maximum atomic E-state index is 13.7. The van der Waals surface area contributed by atoms with Crippen molar-refractivity contribution in [1.29, 1.82) is 0 Å². The maximum absolute atomic E-state index is 13.7. The Kier molecular flexibility index (Phi) is 9.33. The zero-order valence-electron chi connectivity index (χ0n) is 22.4. The number of ether oxygens (including phenoxy) is 2. The normalized spacial score (nSPS) is 14.3. The Hall–Kier alpha value is -3.61. The second-order valence-corrected chi connectivity index (χ2v) is 12.9. The number of hydrogen-bond acceptors (Lipinski definition) is 7. The third kappa shape index (κ3) is 6.40. The molecule has 0 radical (unpaired) electrons. The van der Waals surface area contributed by atoms with Gasteiger partial charge in [-0.3, -0.25) is 9.10 Å². The Morgan fingerprint density at radius 2 is 1.57 bits per heavy atom. The minimum Gasteiger partial charge on any atom is -0.495 e. The quantitative estimate of drug-likeness (QED) is 0.358. The van der Waals surface area contributed by atoms with E-state index in [1.54, 1.807) is 49.4 Å². The Morgan fingerprint density at radius 3 is 2.25 bits per heavy atom. The number of sulfonamides is 2. The fourth-order valence-electron chi connectivity index (χ4n) is 4.49. The number of benzene rings is 3. The van der Waals surface area contributed by atoms with E-state index in [0.717, 1.165) is 23.6 Å². The number of piperidine rings is 1. The number of anilines is 2. The summed E-state index contributed by atoms with van der Waals surface area (Å²) in [5, 5.41) is 2.66. The van der Waals surface area contributed by atoms with E-state index in [4.69, 9.17) is 9.47 Å². The van der Waals surface area contributed by atoms with E-state index in [1.807, 2.05) is 0 Å². The zero-order chi connectivity index (χ0) is 28.8. The van der Waals surface area contributed by atoms with Crippen molar-refractivity contribution in [1.82, 2.24) is 4.31 Å². The van der Waals surface area contributed by atoms with Crippen LogP contribution < -0.4 is 19.1 Å². The van der Waals surface area contributed by atoms with Crippen LogP contribution in [0.5, 0.6) is 11.5 Å². The molecule has 0 unspecified atom stereocenters. The fourth-order valence-corrected chi connectivity index (χ4v) is 7.64. The Bertz CT molecular complexity index is 1540. The highest BCUT2D eigenvalue weighted by atomic mass is 32.2. The van der Waals surface area contributed by atoms with Gasteiger partial charge in [0, 0.05) is 18.8 Å². The molecule has 4 rings (SSSR count). The first-order chi connectivity index (χ1) is 19.2. The summed E-state index contributed by atoms with van der Waals surface area (Å²) < 4.78 is 67.6. The van der Waals surface area contributed by atoms with Crippen molar-refractivity contribution in [3.05, 3.63) is 72.8 Å². The van der Waals surface area contributed by atoms with E-state index in [1.165, 1.54) is 41.7 Å². The Labute approximate surface area is 235 Å². The summed E-state index contributed by atoms with van der Waals surface area (Å²) in [6.07, 6.45) is 2.51. The number of amides is 1. The molecule has 1 saturated heterocycles. The van der Waals surface area contributed by atoms with Crippen LogP contribution in [0.25, 0.3) is 0 Å². The monoisotopic (exact) mass is 587 g/mol. The predicted octanol–water partition coefficient (Wildman–Crippen LogP) is 4.10. The minimum atomic E-state index is -4.17. The lowest BCUT2D eigenvalue weighted by Crippen LogP contribution is -2.38. The number of nitrogens with zero attached hydrogens (tertiary/aromatic N) is 2. The molecule has 0 bridgehead atoms. The van der Waals surface area contributed by atoms with Crippen LogP contribution in [0.15, 0.2) is 82.6 Å². The van der Waals surface area contributed by atoms with Crippen molar-refractivity contribution < 1.29 is 31.1 Å². The van der Waals surface area contributed by atoms with Gasteiger partial charge in [-0.1, -0.05) is 36.8 Å². The minimum absolute atomic E-state index is 0.00783. The van der Waals surface area contributed by atoms with E-state index in [0.29, 0.717) is 25.4 Å². The van der Waals surface area contributed by atoms with Gasteiger partial charge < -0.3 is 14.8 Å². The van der Waals surface area contributed by atoms with Gasteiger partial charge in [-0.15, -0.1) is 0 Å². The second-order valence-electron chi connectivity index (χ2n) is 9.10. The number of carbonyl (C=O) groups is 1. The first kappa shape index (κ1) is 29.4. The largest absolute Gasteiger partial charge is 0.495 e. The van der Waals surface area contributed by atoms with Gasteiger partial charge in [0.2, 0.25) is 15.9 Å². The molecule has 40 heavy (non-hydrogen) atoms. The van der Waals surface area contributed by atoms with Crippen molar-refractivity contribution in [2.24, 2.45) is 0 Å². The number of para-hydroxylation sites is 2. The number of hydrogen-bond donors (Lipinski definition) is 1. The van der Waals surface area contributed by atoms with Crippen LogP contribution in [-0.4, -0.2) is 60.4 Å². The lowest BCUT2D eigenvalue weighted by Gasteiger charge is -2.27. The van der Waals surface area contributed by atoms with Gasteiger partial charge in [-0.25, -0.2) is 16.8 Å². The molecule has 1 aliphatic heterocycles. The molecule has 3 aromatic carbocycles. The van der Waals surface area contributed by atoms with Crippen LogP contribution in [0.2, 0.25) is 0 Å². The van der Waals surface area contributed by atoms with Crippen LogP contribution >= 0.6 is 0 Å². The molecule has 0 atom stereocenters. The highest BCUT2D eigenvalue weighted by Crippen LogP contribution is 2.34. The summed E-state index contributed by atoms with van der Waals surface area (Å²) in [4.78, 5) is 13.3. The lowest BCUT2D eigenvalue weighted by molar-refractivity contribution is -0.114. The lowest BCUT2D eigenvalue weighted by atomic mass is 10.2. The Morgan fingerprint density at radius 1 is 0.900 bits per heavy atom. The van der Waals surface area contributed by atoms with Crippen molar-refractivity contribution in [3.63, 3.8) is 0 Å². The molecule has 214 valence electrons. The smallest absolute Gasteiger partial charge is 0.264 e. The molecule has 1 N–H and O–H groups in total. The van der Waals surface area contributed by atoms with Gasteiger partial charge in [-0.05, 0) is 62.2 Å². The average Bonchev–Trinajstić information content (AvgIpc) is 2.97. The topological polar surface area (TPSA) is 122 Å². The van der Waals surface area contributed by atoms with Crippen LogP contribution in [0.4, 0.5) is 11.4 Å². The zero-order valence-corrected chi connectivity index (χ0v) is 24.1. The molecule has 1 amide bonds. The van der Waals surface area contributed by atoms with Crippen molar-refractivity contribution >= 4 is 37.3 Å². The fraction of sp³-hybridized carbons (Fsp3) is 0.321. The number of carbonyl (C=O) groups excluding carboxylic acids is 1. The molecule has 1 aliphatic rings. The SMILES string of the molecule is CCOc1ccccc1N(CC(=O)Nc1ccc(OC)c(S(=O)(=O)N2CCCCC2)c1)S(=O)(=O)c1ccccc1. The third-order valence-electron chi connectivity index (χ3n) is 6.43. The molecule has 0 spiro atoms. The summed E-state index contributed by atoms with van der Waals surface area (Å²) >= 11 is 0. The van der Waals surface area contributed by atoms with Crippen LogP contribution in [0.3, 0.4) is 0 Å². The van der Waals surface area contributed by atoms with Crippen LogP contribution in [0.1, 0.15) is 26.2 Å². The van der Waals surface area contributed by atoms with Gasteiger partial charge in [0.1, 0.15) is 22.9 Å². The average molecular weight is 588 g/mol. The molecule has 10 nitrogen and oxygen atoms in total. The highest BCUT2D eigenvalue weighted by molar-refractivity contribution is 7.93. The molecular formula is C28H33N3O7S2. The summed E-state index contributed by atoms with van der Waals surface area (Å²) in [5.74, 6) is -0.212. The summed E-state index contributed by atoms with van der Waals surface area (Å²) in [7, 11) is -6.66. The first-order valence-corrected chi connectivity index (χ1v) is 15.8. The summed E-state index contributed by atoms with van der Waals surface area (Å²) in [5.41, 5.74) is 0.392. The first-order valence-electron chi connectivity index (χ1n) is 13.0. The van der Waals surface area contributed by atoms with E-state index in [-0.39, 0.29) is 26.9 Å². The van der Waals surface area contributed by atoms with Crippen LogP contribution in [0, 0.1) is 0 Å². The molecule has 1 heterocycles. The van der Waals surface area contributed by atoms with Gasteiger partial charge in [0.25, 0.3) is 10.0 Å². The second kappa shape index (κ2) is 12.7. The van der Waals surface area contributed by atoms with Gasteiger partial charge in [0.15, 0.2) is 0 Å². The molecular weight excluding hydrogens is 554 g/mol. The maximum Gasteiger partial charge on any atom is 0.264 e. The van der Waals surface area contributed by atoms with E-state index in [2.05, 4.69) is 5.32 Å². The molecule has 1 fully saturated rings. The Balaban J connectivity index is 1.66. The predicted molar refractivity (Wildman–Crippen MR) is 153 cm³/mol. The standard InChI is InChI=1S/C28H33N3O7S2/c1-3-38-25-15-9-8-14-24(25)31(39(33,34)23-12-6-4-7-13-23)21-28(32)29-22-16-17-26(37-2)27(20-22)40(35,36)30-18-10-5-11-19-30/h4,6-9,12-17,20H,3,5,10-11,18-19,21H2,1-2H3,(H,29,32). The highest BCUT2D eigenvalue weighted by Gasteiger charge is 2.31. The van der Waals surface area contributed by atoms with Gasteiger partial charge >= 0.3 is 0 Å². The van der Waals surface area contributed by atoms with Crippen LogP contribution in [-0.2, 0) is 24.8 Å². The summed E-state index contributed by atoms with van der Waals surface area (Å²) in [6.45, 7) is 2.31. The molecule has 0 aliphatic carbocycles. The van der Waals surface area contributed by atoms with E-state index in [9.17, 15) is 21.6 Å². The number of nitrogens with one attached hydrogen (secondary N) is 1. The summed E-state index contributed by atoms with van der Waals surface area (Å²) in [6, 6.07) is 18.7. The third-order valence-corrected chi connectivity index (χ3v) is 10.1. The molecule has 0 saturated carbocycles. The molecule has 0 aromatic heterocycles. The van der Waals surface area contributed by atoms with Crippen molar-refractivity contribution in [2.75, 3.05) is 43.0 Å². The van der Waals surface area contributed by atoms with E-state index < -0.39 is 32.5 Å².